The fourth-order valence-electron chi connectivity index (χ4n) is 3.00. The molecule has 0 bridgehead atoms. The number of rotatable bonds is 5. The highest BCUT2D eigenvalue weighted by molar-refractivity contribution is 5.96. The first-order valence-electron chi connectivity index (χ1n) is 7.62. The number of aromatic nitrogens is 2. The summed E-state index contributed by atoms with van der Waals surface area (Å²) >= 11 is 0. The lowest BCUT2D eigenvalue weighted by atomic mass is 9.75. The lowest BCUT2D eigenvalue weighted by molar-refractivity contribution is 0.0690. The third-order valence-electron chi connectivity index (χ3n) is 4.91. The van der Waals surface area contributed by atoms with E-state index in [2.05, 4.69) is 15.5 Å². The maximum absolute atomic E-state index is 13.2. The normalized spacial score (nSPS) is 15.8. The predicted molar refractivity (Wildman–Crippen MR) is 84.4 cm³/mol. The van der Waals surface area contributed by atoms with Crippen molar-refractivity contribution in [3.8, 4) is 0 Å². The quantitative estimate of drug-likeness (QED) is 0.784. The number of carboxylic acids is 1. The smallest absolute Gasteiger partial charge is 0.353 e. The monoisotopic (exact) mass is 331 g/mol. The molecule has 1 saturated carbocycles. The second-order valence-corrected chi connectivity index (χ2v) is 6.64. The summed E-state index contributed by atoms with van der Waals surface area (Å²) in [5.74, 6) is -1.90. The second kappa shape index (κ2) is 5.43. The van der Waals surface area contributed by atoms with Gasteiger partial charge in [-0.25, -0.2) is 9.18 Å². The molecule has 1 amide bonds. The van der Waals surface area contributed by atoms with Crippen LogP contribution in [0.15, 0.2) is 30.3 Å². The van der Waals surface area contributed by atoms with Gasteiger partial charge in [0.25, 0.3) is 5.91 Å². The summed E-state index contributed by atoms with van der Waals surface area (Å²) in [6.45, 7) is 4.00. The highest BCUT2D eigenvalue weighted by Gasteiger charge is 2.56. The third-order valence-corrected chi connectivity index (χ3v) is 4.91. The van der Waals surface area contributed by atoms with E-state index in [-0.39, 0.29) is 17.2 Å². The fourth-order valence-corrected chi connectivity index (χ4v) is 3.00. The molecule has 1 aromatic heterocycles. The van der Waals surface area contributed by atoms with Crippen LogP contribution in [0.3, 0.4) is 0 Å². The Kier molecular flexibility index (Phi) is 3.66. The van der Waals surface area contributed by atoms with Gasteiger partial charge < -0.3 is 10.4 Å². The Labute approximate surface area is 138 Å². The van der Waals surface area contributed by atoms with Crippen LogP contribution in [-0.4, -0.2) is 32.7 Å². The zero-order chi connectivity index (χ0) is 17.5. The number of halogens is 1. The number of aromatic carboxylic acids is 1. The van der Waals surface area contributed by atoms with Gasteiger partial charge in [-0.1, -0.05) is 26.0 Å². The van der Waals surface area contributed by atoms with Crippen LogP contribution in [-0.2, 0) is 5.41 Å². The summed E-state index contributed by atoms with van der Waals surface area (Å²) in [6, 6.07) is 7.46. The largest absolute Gasteiger partial charge is 0.477 e. The number of carbonyl (C=O) groups excluding carboxylic acids is 1. The first-order chi connectivity index (χ1) is 11.2. The minimum atomic E-state index is -1.17. The number of H-pyrrole nitrogens is 1. The molecule has 1 heterocycles. The molecule has 0 atom stereocenters. The SMILES string of the molecule is CC(C)(c1ccc(F)cc1)C1(NC(=O)c2cc(C(=O)O)[nH]n2)CC1. The van der Waals surface area contributed by atoms with Crippen molar-refractivity contribution in [2.24, 2.45) is 0 Å². The van der Waals surface area contributed by atoms with E-state index in [0.29, 0.717) is 0 Å². The van der Waals surface area contributed by atoms with Crippen molar-refractivity contribution in [1.29, 1.82) is 0 Å². The highest BCUT2D eigenvalue weighted by atomic mass is 19.1. The lowest BCUT2D eigenvalue weighted by Gasteiger charge is -2.36. The number of carbonyl (C=O) groups is 2. The Bertz CT molecular complexity index is 792. The van der Waals surface area contributed by atoms with Crippen LogP contribution in [0.25, 0.3) is 0 Å². The summed E-state index contributed by atoms with van der Waals surface area (Å²) < 4.78 is 13.2. The van der Waals surface area contributed by atoms with Crippen LogP contribution in [0.4, 0.5) is 4.39 Å². The van der Waals surface area contributed by atoms with Crippen molar-refractivity contribution in [2.45, 2.75) is 37.6 Å². The number of benzene rings is 1. The summed E-state index contributed by atoms with van der Waals surface area (Å²) in [7, 11) is 0. The average Bonchev–Trinajstić information content (AvgIpc) is 3.13. The molecule has 3 rings (SSSR count). The van der Waals surface area contributed by atoms with Gasteiger partial charge in [0, 0.05) is 17.0 Å². The van der Waals surface area contributed by atoms with E-state index in [0.717, 1.165) is 18.4 Å². The Hall–Kier alpha value is -2.70. The minimum absolute atomic E-state index is 0.0357. The topological polar surface area (TPSA) is 95.1 Å². The summed E-state index contributed by atoms with van der Waals surface area (Å²) in [5, 5.41) is 17.9. The number of nitrogens with one attached hydrogen (secondary N) is 2. The molecular weight excluding hydrogens is 313 g/mol. The highest BCUT2D eigenvalue weighted by Crippen LogP contribution is 2.51. The molecule has 0 spiro atoms. The van der Waals surface area contributed by atoms with Gasteiger partial charge in [0.15, 0.2) is 5.69 Å². The molecule has 0 aliphatic heterocycles. The number of nitrogens with zero attached hydrogens (tertiary/aromatic N) is 1. The average molecular weight is 331 g/mol. The zero-order valence-electron chi connectivity index (χ0n) is 13.4. The van der Waals surface area contributed by atoms with E-state index >= 15 is 0 Å². The van der Waals surface area contributed by atoms with Gasteiger partial charge in [0.1, 0.15) is 11.5 Å². The van der Waals surface area contributed by atoms with Gasteiger partial charge in [-0.05, 0) is 30.5 Å². The molecule has 1 aromatic carbocycles. The van der Waals surface area contributed by atoms with E-state index in [4.69, 9.17) is 5.11 Å². The van der Waals surface area contributed by atoms with Gasteiger partial charge in [-0.2, -0.15) is 5.10 Å². The molecule has 7 heteroatoms. The molecule has 3 N–H and O–H groups in total. The molecule has 0 radical (unpaired) electrons. The van der Waals surface area contributed by atoms with Crippen LogP contribution in [0, 0.1) is 5.82 Å². The molecule has 1 fully saturated rings. The van der Waals surface area contributed by atoms with Crippen molar-refractivity contribution in [1.82, 2.24) is 15.5 Å². The van der Waals surface area contributed by atoms with Gasteiger partial charge >= 0.3 is 5.97 Å². The summed E-state index contributed by atoms with van der Waals surface area (Å²) in [6.07, 6.45) is 1.58. The minimum Gasteiger partial charge on any atom is -0.477 e. The van der Waals surface area contributed by atoms with E-state index < -0.39 is 22.8 Å². The van der Waals surface area contributed by atoms with Gasteiger partial charge in [0.2, 0.25) is 0 Å². The number of carboxylic acid groups (broad SMARTS) is 1. The van der Waals surface area contributed by atoms with E-state index in [1.807, 2.05) is 13.8 Å². The van der Waals surface area contributed by atoms with Gasteiger partial charge in [-0.3, -0.25) is 9.89 Å². The lowest BCUT2D eigenvalue weighted by Crippen LogP contribution is -2.50. The maximum Gasteiger partial charge on any atom is 0.353 e. The van der Waals surface area contributed by atoms with Crippen molar-refractivity contribution >= 4 is 11.9 Å². The van der Waals surface area contributed by atoms with E-state index in [1.165, 1.54) is 18.2 Å². The van der Waals surface area contributed by atoms with Crippen molar-refractivity contribution in [2.75, 3.05) is 0 Å². The van der Waals surface area contributed by atoms with Crippen LogP contribution in [0.2, 0.25) is 0 Å². The molecule has 0 unspecified atom stereocenters. The Morgan fingerprint density at radius 3 is 2.42 bits per heavy atom. The first-order valence-corrected chi connectivity index (χ1v) is 7.62. The number of hydrogen-bond donors (Lipinski definition) is 3. The fraction of sp³-hybridized carbons (Fsp3) is 0.353. The number of aromatic amines is 1. The van der Waals surface area contributed by atoms with Crippen molar-refractivity contribution in [3.05, 3.63) is 53.1 Å². The Morgan fingerprint density at radius 2 is 1.92 bits per heavy atom. The number of hydrogen-bond acceptors (Lipinski definition) is 3. The van der Waals surface area contributed by atoms with E-state index in [9.17, 15) is 14.0 Å². The summed E-state index contributed by atoms with van der Waals surface area (Å²) in [5.41, 5.74) is -0.0293. The van der Waals surface area contributed by atoms with Crippen molar-refractivity contribution < 1.29 is 19.1 Å². The predicted octanol–water partition coefficient (Wildman–Crippen LogP) is 2.49. The standard InChI is InChI=1S/C17H18FN3O3/c1-16(2,10-3-5-11(18)6-4-10)17(7-8-17)19-14(22)12-9-13(15(23)24)21-20-12/h3-6,9H,7-8H2,1-2H3,(H,19,22)(H,20,21)(H,23,24). The van der Waals surface area contributed by atoms with E-state index in [1.54, 1.807) is 12.1 Å². The molecule has 6 nitrogen and oxygen atoms in total. The second-order valence-electron chi connectivity index (χ2n) is 6.64. The summed E-state index contributed by atoms with van der Waals surface area (Å²) in [4.78, 5) is 23.3. The van der Waals surface area contributed by atoms with Crippen LogP contribution in [0.5, 0.6) is 0 Å². The molecule has 1 aliphatic rings. The third kappa shape index (κ3) is 2.66. The Morgan fingerprint density at radius 1 is 1.29 bits per heavy atom. The first kappa shape index (κ1) is 16.2. The van der Waals surface area contributed by atoms with Crippen molar-refractivity contribution in [3.63, 3.8) is 0 Å². The number of amides is 1. The molecule has 126 valence electrons. The van der Waals surface area contributed by atoms with Crippen LogP contribution in [0.1, 0.15) is 53.2 Å². The van der Waals surface area contributed by atoms with Crippen LogP contribution < -0.4 is 5.32 Å². The molecule has 1 aliphatic carbocycles. The zero-order valence-corrected chi connectivity index (χ0v) is 13.4. The molecule has 2 aromatic rings. The molecule has 0 saturated heterocycles. The Balaban J connectivity index is 1.81. The van der Waals surface area contributed by atoms with Crippen LogP contribution >= 0.6 is 0 Å². The van der Waals surface area contributed by atoms with Gasteiger partial charge in [-0.15, -0.1) is 0 Å². The van der Waals surface area contributed by atoms with Gasteiger partial charge in [0.05, 0.1) is 0 Å². The maximum atomic E-state index is 13.2. The molecular formula is C17H18FN3O3. The molecule has 24 heavy (non-hydrogen) atoms.